The summed E-state index contributed by atoms with van der Waals surface area (Å²) in [5, 5.41) is 15.7. The first-order valence-corrected chi connectivity index (χ1v) is 10.9. The number of nitrogens with one attached hydrogen (secondary N) is 3. The van der Waals surface area contributed by atoms with E-state index in [0.717, 1.165) is 38.5 Å². The van der Waals surface area contributed by atoms with Crippen molar-refractivity contribution >= 4 is 5.91 Å². The molecule has 0 bridgehead atoms. The van der Waals surface area contributed by atoms with E-state index in [4.69, 9.17) is 9.94 Å². The predicted molar refractivity (Wildman–Crippen MR) is 108 cm³/mol. The normalized spacial score (nSPS) is 34.1. The van der Waals surface area contributed by atoms with Crippen LogP contribution in [-0.4, -0.2) is 40.6 Å². The molecule has 2 saturated carbocycles. The van der Waals surface area contributed by atoms with Gasteiger partial charge in [0.25, 0.3) is 11.5 Å². The number of aliphatic hydroxyl groups is 1. The first-order valence-electron chi connectivity index (χ1n) is 10.9. The molecule has 8 nitrogen and oxygen atoms in total. The minimum atomic E-state index is -0.263. The van der Waals surface area contributed by atoms with Crippen LogP contribution >= 0.6 is 0 Å². The molecule has 3 fully saturated rings. The minimum Gasteiger partial charge on any atom is -0.395 e. The maximum absolute atomic E-state index is 12.7. The van der Waals surface area contributed by atoms with Crippen molar-refractivity contribution in [3.63, 3.8) is 0 Å². The molecule has 1 amide bonds. The van der Waals surface area contributed by atoms with Gasteiger partial charge in [-0.15, -0.1) is 0 Å². The Morgan fingerprint density at radius 3 is 2.86 bits per heavy atom. The summed E-state index contributed by atoms with van der Waals surface area (Å²) in [5.41, 5.74) is 3.29. The molecular formula is C21H32N4O4. The zero-order valence-corrected chi connectivity index (χ0v) is 17.0. The molecule has 8 heteroatoms. The Kier molecular flexibility index (Phi) is 6.34. The van der Waals surface area contributed by atoms with Crippen LogP contribution in [0.25, 0.3) is 0 Å². The number of carbonyl (C=O) groups is 1. The Morgan fingerprint density at radius 1 is 1.31 bits per heavy atom. The predicted octanol–water partition coefficient (Wildman–Crippen LogP) is 0.952. The van der Waals surface area contributed by atoms with Crippen LogP contribution in [0.4, 0.5) is 0 Å². The van der Waals surface area contributed by atoms with E-state index in [1.165, 1.54) is 10.6 Å². The Hall–Kier alpha value is -1.74. The van der Waals surface area contributed by atoms with Crippen molar-refractivity contribution in [1.29, 1.82) is 0 Å². The van der Waals surface area contributed by atoms with E-state index in [0.29, 0.717) is 23.3 Å². The quantitative estimate of drug-likeness (QED) is 0.563. The smallest absolute Gasteiger partial charge is 0.251 e. The van der Waals surface area contributed by atoms with Gasteiger partial charge in [0, 0.05) is 30.4 Å². The molecule has 2 aliphatic carbocycles. The number of hydroxylamine groups is 1. The number of aliphatic hydroxyl groups excluding tert-OH is 1. The van der Waals surface area contributed by atoms with Gasteiger partial charge in [-0.1, -0.05) is 6.92 Å². The molecule has 6 atom stereocenters. The molecule has 4 rings (SSSR count). The fourth-order valence-electron chi connectivity index (χ4n) is 5.33. The van der Waals surface area contributed by atoms with Crippen LogP contribution in [0.3, 0.4) is 0 Å². The Labute approximate surface area is 171 Å². The Bertz CT molecular complexity index is 782. The van der Waals surface area contributed by atoms with Gasteiger partial charge in [0.05, 0.1) is 12.8 Å². The number of hydrogen-bond acceptors (Lipinski definition) is 6. The van der Waals surface area contributed by atoms with Crippen LogP contribution in [0.15, 0.2) is 23.1 Å². The highest BCUT2D eigenvalue weighted by Crippen LogP contribution is 2.45. The summed E-state index contributed by atoms with van der Waals surface area (Å²) in [5.74, 6) is 1.51. The van der Waals surface area contributed by atoms with Gasteiger partial charge in [-0.25, -0.2) is 0 Å². The summed E-state index contributed by atoms with van der Waals surface area (Å²) in [4.78, 5) is 30.3. The molecule has 1 saturated heterocycles. The maximum atomic E-state index is 12.7. The highest BCUT2D eigenvalue weighted by Gasteiger charge is 2.43. The van der Waals surface area contributed by atoms with Gasteiger partial charge in [-0.2, -0.15) is 5.48 Å². The number of fused-ring (bicyclic) bond motifs is 1. The molecule has 29 heavy (non-hydrogen) atoms. The third kappa shape index (κ3) is 4.40. The van der Waals surface area contributed by atoms with Gasteiger partial charge < -0.3 is 15.0 Å². The summed E-state index contributed by atoms with van der Waals surface area (Å²) in [7, 11) is 0. The summed E-state index contributed by atoms with van der Waals surface area (Å²) in [6, 6.07) is 3.19. The lowest BCUT2D eigenvalue weighted by Gasteiger charge is -2.36. The van der Waals surface area contributed by atoms with Crippen LogP contribution in [0.2, 0.25) is 0 Å². The number of aromatic nitrogens is 1. The second-order valence-electron chi connectivity index (χ2n) is 8.60. The van der Waals surface area contributed by atoms with Gasteiger partial charge >= 0.3 is 0 Å². The Morgan fingerprint density at radius 2 is 2.14 bits per heavy atom. The second-order valence-corrected chi connectivity index (χ2v) is 8.60. The van der Waals surface area contributed by atoms with Crippen LogP contribution in [0.1, 0.15) is 55.8 Å². The lowest BCUT2D eigenvalue weighted by Crippen LogP contribution is -2.45. The monoisotopic (exact) mass is 404 g/mol. The summed E-state index contributed by atoms with van der Waals surface area (Å²) in [6.45, 7) is 2.25. The zero-order valence-electron chi connectivity index (χ0n) is 17.0. The largest absolute Gasteiger partial charge is 0.395 e. The number of hydrogen-bond donors (Lipinski definition) is 4. The van der Waals surface area contributed by atoms with Gasteiger partial charge in [0.1, 0.15) is 6.23 Å². The molecule has 3 aliphatic rings. The van der Waals surface area contributed by atoms with E-state index in [9.17, 15) is 9.59 Å². The van der Waals surface area contributed by atoms with E-state index >= 15 is 0 Å². The third-order valence-electron chi connectivity index (χ3n) is 6.91. The highest BCUT2D eigenvalue weighted by molar-refractivity contribution is 5.94. The fraction of sp³-hybridized carbons (Fsp3) is 0.714. The molecule has 5 unspecified atom stereocenters. The fourth-order valence-corrected chi connectivity index (χ4v) is 5.33. The van der Waals surface area contributed by atoms with Gasteiger partial charge in [-0.05, 0) is 62.3 Å². The lowest BCUT2D eigenvalue weighted by molar-refractivity contribution is 0.0125. The lowest BCUT2D eigenvalue weighted by atomic mass is 9.74. The van der Waals surface area contributed by atoms with E-state index < -0.39 is 0 Å². The molecule has 2 heterocycles. The SMILES string of the molecule is CCC1NC(C2CCC3C(CC[C@H]3NC(=O)c3ccn(CCO)c(=O)c3)C2)NO1. The molecule has 1 aromatic rings. The highest BCUT2D eigenvalue weighted by atomic mass is 16.7. The van der Waals surface area contributed by atoms with Crippen molar-refractivity contribution in [3.05, 3.63) is 34.2 Å². The number of carbonyl (C=O) groups excluding carboxylic acids is 1. The van der Waals surface area contributed by atoms with Crippen molar-refractivity contribution in [1.82, 2.24) is 20.7 Å². The van der Waals surface area contributed by atoms with Crippen LogP contribution in [-0.2, 0) is 11.4 Å². The average molecular weight is 405 g/mol. The molecule has 4 N–H and O–H groups in total. The van der Waals surface area contributed by atoms with E-state index in [1.54, 1.807) is 12.3 Å². The van der Waals surface area contributed by atoms with Crippen molar-refractivity contribution in [3.8, 4) is 0 Å². The Balaban J connectivity index is 1.33. The van der Waals surface area contributed by atoms with Crippen LogP contribution in [0.5, 0.6) is 0 Å². The summed E-state index contributed by atoms with van der Waals surface area (Å²) < 4.78 is 1.40. The second kappa shape index (κ2) is 8.95. The average Bonchev–Trinajstić information content (AvgIpc) is 3.36. The van der Waals surface area contributed by atoms with Crippen molar-refractivity contribution in [2.24, 2.45) is 17.8 Å². The van der Waals surface area contributed by atoms with E-state index in [2.05, 4.69) is 23.0 Å². The molecular weight excluding hydrogens is 372 g/mol. The number of rotatable bonds is 6. The topological polar surface area (TPSA) is 105 Å². The van der Waals surface area contributed by atoms with Crippen molar-refractivity contribution < 1.29 is 14.7 Å². The third-order valence-corrected chi connectivity index (χ3v) is 6.91. The summed E-state index contributed by atoms with van der Waals surface area (Å²) in [6.07, 6.45) is 8.35. The number of nitrogens with zero attached hydrogens (tertiary/aromatic N) is 1. The first-order chi connectivity index (χ1) is 14.1. The number of amides is 1. The zero-order chi connectivity index (χ0) is 20.4. The van der Waals surface area contributed by atoms with Crippen molar-refractivity contribution in [2.45, 2.75) is 70.4 Å². The van der Waals surface area contributed by atoms with Crippen LogP contribution < -0.4 is 21.7 Å². The summed E-state index contributed by atoms with van der Waals surface area (Å²) >= 11 is 0. The molecule has 160 valence electrons. The van der Waals surface area contributed by atoms with Crippen LogP contribution in [0, 0.1) is 17.8 Å². The molecule has 1 aliphatic heterocycles. The number of pyridine rings is 1. The maximum Gasteiger partial charge on any atom is 0.251 e. The molecule has 0 aromatic carbocycles. The van der Waals surface area contributed by atoms with Gasteiger partial charge in [0.15, 0.2) is 0 Å². The van der Waals surface area contributed by atoms with Crippen molar-refractivity contribution in [2.75, 3.05) is 6.61 Å². The standard InChI is InChI=1S/C21H32N4O4/c1-2-18-23-20(24-29-18)14-3-5-16-13(11-14)4-6-17(16)22-21(28)15-7-8-25(9-10-26)19(27)12-15/h7-8,12-14,16-18,20,23-24,26H,2-6,9-11H2,1H3,(H,22,28)/t13?,14?,16?,17-,18?,20?/m1/s1. The molecule has 1 aromatic heterocycles. The first kappa shape index (κ1) is 20.5. The molecule has 0 radical (unpaired) electrons. The minimum absolute atomic E-state index is 0.0983. The van der Waals surface area contributed by atoms with Gasteiger partial charge in [0.2, 0.25) is 0 Å². The molecule has 0 spiro atoms. The van der Waals surface area contributed by atoms with E-state index in [1.807, 2.05) is 0 Å². The van der Waals surface area contributed by atoms with Gasteiger partial charge in [-0.3, -0.25) is 19.7 Å². The van der Waals surface area contributed by atoms with E-state index in [-0.39, 0.29) is 43.1 Å².